The molecule has 0 unspecified atom stereocenters. The van der Waals surface area contributed by atoms with E-state index >= 15 is 0 Å². The van der Waals surface area contributed by atoms with Crippen molar-refractivity contribution in [1.82, 2.24) is 4.90 Å². The van der Waals surface area contributed by atoms with Crippen molar-refractivity contribution in [2.75, 3.05) is 18.9 Å². The molecular formula is C20H20F3NO5S. The van der Waals surface area contributed by atoms with Gasteiger partial charge in [-0.15, -0.1) is 0 Å². The van der Waals surface area contributed by atoms with E-state index in [0.717, 1.165) is 11.8 Å². The molecule has 10 heteroatoms. The van der Waals surface area contributed by atoms with Crippen LogP contribution in [0.15, 0.2) is 27.4 Å². The Morgan fingerprint density at radius 2 is 1.97 bits per heavy atom. The number of halogens is 3. The summed E-state index contributed by atoms with van der Waals surface area (Å²) in [6.07, 6.45) is -2.60. The molecule has 6 nitrogen and oxygen atoms in total. The summed E-state index contributed by atoms with van der Waals surface area (Å²) < 4.78 is 50.8. The summed E-state index contributed by atoms with van der Waals surface area (Å²) in [5.41, 5.74) is -1.79. The molecule has 0 bridgehead atoms. The molecule has 0 radical (unpaired) electrons. The second kappa shape index (κ2) is 9.11. The molecule has 1 fully saturated rings. The third-order valence-electron chi connectivity index (χ3n) is 4.65. The zero-order chi connectivity index (χ0) is 21.9. The molecule has 1 aliphatic heterocycles. The first-order chi connectivity index (χ1) is 14.2. The fraction of sp³-hybridized carbons (Fsp3) is 0.450. The number of carbonyl (C=O) groups excluding carboxylic acids is 2. The second-order valence-corrected chi connectivity index (χ2v) is 7.73. The van der Waals surface area contributed by atoms with E-state index in [4.69, 9.17) is 9.15 Å². The highest BCUT2D eigenvalue weighted by Gasteiger charge is 2.34. The van der Waals surface area contributed by atoms with Gasteiger partial charge in [0.2, 0.25) is 5.91 Å². The maximum atomic E-state index is 13.3. The minimum atomic E-state index is -4.68. The van der Waals surface area contributed by atoms with Crippen molar-refractivity contribution >= 4 is 33.9 Å². The summed E-state index contributed by atoms with van der Waals surface area (Å²) in [6, 6.07) is 3.15. The van der Waals surface area contributed by atoms with Crippen LogP contribution < -0.4 is 10.4 Å². The van der Waals surface area contributed by atoms with Gasteiger partial charge in [-0.1, -0.05) is 25.1 Å². The third-order valence-corrected chi connectivity index (χ3v) is 5.51. The number of rotatable bonds is 8. The highest BCUT2D eigenvalue weighted by Crippen LogP contribution is 2.37. The number of aryl methyl sites for hydroxylation is 1. The number of carbonyl (C=O) groups is 2. The molecule has 3 rings (SSSR count). The second-order valence-electron chi connectivity index (χ2n) is 6.80. The van der Waals surface area contributed by atoms with Gasteiger partial charge in [0, 0.05) is 23.6 Å². The maximum Gasteiger partial charge on any atom is 0.417 e. The van der Waals surface area contributed by atoms with Crippen molar-refractivity contribution in [3.05, 3.63) is 39.7 Å². The van der Waals surface area contributed by atoms with Crippen LogP contribution in [0.25, 0.3) is 11.0 Å². The Balaban J connectivity index is 1.75. The standard InChI is InChI=1S/C20H20F3NO5S/c1-2-5-13-15(28-9-4-3-8-24-16(25)11-30-19(24)27)7-6-12-14(20(21,22)23)10-17(26)29-18(12)13/h6-7,10H,2-5,8-9,11H2,1H3. The summed E-state index contributed by atoms with van der Waals surface area (Å²) in [6.45, 7) is 2.41. The van der Waals surface area contributed by atoms with Gasteiger partial charge in [-0.2, -0.15) is 13.2 Å². The summed E-state index contributed by atoms with van der Waals surface area (Å²) in [7, 11) is 0. The van der Waals surface area contributed by atoms with E-state index in [1.807, 2.05) is 6.92 Å². The number of hydrogen-bond donors (Lipinski definition) is 0. The highest BCUT2D eigenvalue weighted by molar-refractivity contribution is 8.14. The molecule has 1 saturated heterocycles. The number of unbranched alkanes of at least 4 members (excludes halogenated alkanes) is 1. The van der Waals surface area contributed by atoms with E-state index in [-0.39, 0.29) is 34.5 Å². The number of hydrogen-bond acceptors (Lipinski definition) is 6. The number of ether oxygens (including phenoxy) is 1. The van der Waals surface area contributed by atoms with Crippen molar-refractivity contribution < 1.29 is 31.9 Å². The Kier molecular flexibility index (Phi) is 6.74. The quantitative estimate of drug-likeness (QED) is 0.438. The molecular weight excluding hydrogens is 423 g/mol. The predicted molar refractivity (Wildman–Crippen MR) is 106 cm³/mol. The third kappa shape index (κ3) is 4.80. The lowest BCUT2D eigenvalue weighted by atomic mass is 10.0. The van der Waals surface area contributed by atoms with Gasteiger partial charge < -0.3 is 9.15 Å². The Labute approximate surface area is 174 Å². The van der Waals surface area contributed by atoms with E-state index in [9.17, 15) is 27.6 Å². The first-order valence-corrected chi connectivity index (χ1v) is 10.5. The Bertz CT molecular complexity index is 1000. The predicted octanol–water partition coefficient (Wildman–Crippen LogP) is 4.62. The first kappa shape index (κ1) is 22.2. The van der Waals surface area contributed by atoms with E-state index in [2.05, 4.69) is 0 Å². The average Bonchev–Trinajstić information content (AvgIpc) is 3.00. The summed E-state index contributed by atoms with van der Waals surface area (Å²) >= 11 is 0.977. The van der Waals surface area contributed by atoms with Crippen molar-refractivity contribution in [2.45, 2.75) is 38.8 Å². The Morgan fingerprint density at radius 1 is 1.20 bits per heavy atom. The molecule has 30 heavy (non-hydrogen) atoms. The van der Waals surface area contributed by atoms with Crippen molar-refractivity contribution in [2.24, 2.45) is 0 Å². The van der Waals surface area contributed by atoms with Gasteiger partial charge in [-0.25, -0.2) is 4.79 Å². The lowest BCUT2D eigenvalue weighted by Crippen LogP contribution is -2.29. The summed E-state index contributed by atoms with van der Waals surface area (Å²) in [5.74, 6) is 0.314. The topological polar surface area (TPSA) is 76.8 Å². The molecule has 162 valence electrons. The maximum absolute atomic E-state index is 13.3. The smallest absolute Gasteiger partial charge is 0.417 e. The molecule has 1 aliphatic rings. The van der Waals surface area contributed by atoms with E-state index in [1.54, 1.807) is 0 Å². The number of alkyl halides is 3. The van der Waals surface area contributed by atoms with Gasteiger partial charge in [0.05, 0.1) is 17.9 Å². The largest absolute Gasteiger partial charge is 0.493 e. The zero-order valence-corrected chi connectivity index (χ0v) is 17.0. The first-order valence-electron chi connectivity index (χ1n) is 9.49. The summed E-state index contributed by atoms with van der Waals surface area (Å²) in [5, 5.41) is -0.433. The number of amides is 2. The molecule has 0 aliphatic carbocycles. The average molecular weight is 443 g/mol. The number of thioether (sulfide) groups is 1. The number of nitrogens with zero attached hydrogens (tertiary/aromatic N) is 1. The lowest BCUT2D eigenvalue weighted by molar-refractivity contribution is -0.136. The van der Waals surface area contributed by atoms with Crippen LogP contribution >= 0.6 is 11.8 Å². The molecule has 2 aromatic rings. The Hall–Kier alpha value is -2.49. The molecule has 0 saturated carbocycles. The zero-order valence-electron chi connectivity index (χ0n) is 16.2. The summed E-state index contributed by atoms with van der Waals surface area (Å²) in [4.78, 5) is 36.1. The lowest BCUT2D eigenvalue weighted by Gasteiger charge is -2.16. The normalized spacial score (nSPS) is 14.7. The molecule has 2 amide bonds. The van der Waals surface area contributed by atoms with Gasteiger partial charge in [-0.05, 0) is 31.4 Å². The van der Waals surface area contributed by atoms with Crippen LogP contribution in [0.1, 0.15) is 37.3 Å². The molecule has 0 N–H and O–H groups in total. The van der Waals surface area contributed by atoms with Crippen LogP contribution in [0.5, 0.6) is 5.75 Å². The van der Waals surface area contributed by atoms with Crippen LogP contribution in [0.3, 0.4) is 0 Å². The molecule has 1 aromatic carbocycles. The van der Waals surface area contributed by atoms with Gasteiger partial charge >= 0.3 is 11.8 Å². The van der Waals surface area contributed by atoms with Crippen LogP contribution in [0.4, 0.5) is 18.0 Å². The van der Waals surface area contributed by atoms with Gasteiger partial charge in [0.1, 0.15) is 11.3 Å². The molecule has 0 atom stereocenters. The molecule has 0 spiro atoms. The monoisotopic (exact) mass is 443 g/mol. The highest BCUT2D eigenvalue weighted by atomic mass is 32.2. The minimum Gasteiger partial charge on any atom is -0.493 e. The van der Waals surface area contributed by atoms with E-state index < -0.39 is 17.4 Å². The van der Waals surface area contributed by atoms with E-state index in [1.165, 1.54) is 17.0 Å². The SMILES string of the molecule is CCCc1c(OCCCCN2C(=O)CSC2=O)ccc2c(C(F)(F)F)cc(=O)oc12. The number of fused-ring (bicyclic) bond motifs is 1. The van der Waals surface area contributed by atoms with Crippen LogP contribution in [0, 0.1) is 0 Å². The van der Waals surface area contributed by atoms with Crippen molar-refractivity contribution in [3.8, 4) is 5.75 Å². The van der Waals surface area contributed by atoms with Gasteiger partial charge in [0.25, 0.3) is 5.24 Å². The van der Waals surface area contributed by atoms with Gasteiger partial charge in [-0.3, -0.25) is 14.5 Å². The van der Waals surface area contributed by atoms with E-state index in [0.29, 0.717) is 49.6 Å². The van der Waals surface area contributed by atoms with Crippen LogP contribution in [-0.2, 0) is 17.4 Å². The minimum absolute atomic E-state index is 0.112. The van der Waals surface area contributed by atoms with Gasteiger partial charge in [0.15, 0.2) is 0 Å². The fourth-order valence-electron chi connectivity index (χ4n) is 3.27. The van der Waals surface area contributed by atoms with Crippen molar-refractivity contribution in [1.29, 1.82) is 0 Å². The van der Waals surface area contributed by atoms with Crippen LogP contribution in [-0.4, -0.2) is 35.0 Å². The van der Waals surface area contributed by atoms with Crippen molar-refractivity contribution in [3.63, 3.8) is 0 Å². The van der Waals surface area contributed by atoms with Crippen LogP contribution in [0.2, 0.25) is 0 Å². The fourth-order valence-corrected chi connectivity index (χ4v) is 4.02. The number of benzene rings is 1. The Morgan fingerprint density at radius 3 is 2.60 bits per heavy atom. The number of imide groups is 1. The molecule has 2 heterocycles. The molecule has 1 aromatic heterocycles.